The summed E-state index contributed by atoms with van der Waals surface area (Å²) < 4.78 is 16.9. The molecule has 0 aromatic heterocycles. The van der Waals surface area contributed by atoms with Crippen molar-refractivity contribution < 1.29 is 38.8 Å². The highest BCUT2D eigenvalue weighted by Crippen LogP contribution is 2.39. The summed E-state index contributed by atoms with van der Waals surface area (Å²) in [4.78, 5) is 38.5. The van der Waals surface area contributed by atoms with Crippen LogP contribution in [0.25, 0.3) is 0 Å². The van der Waals surface area contributed by atoms with Crippen LogP contribution in [0.5, 0.6) is 17.2 Å². The normalized spacial score (nSPS) is 14.0. The molecule has 0 bridgehead atoms. The van der Waals surface area contributed by atoms with Gasteiger partial charge in [0.05, 0.1) is 19.2 Å². The zero-order chi connectivity index (χ0) is 29.9. The summed E-state index contributed by atoms with van der Waals surface area (Å²) in [6, 6.07) is 19.9. The third-order valence-electron chi connectivity index (χ3n) is 7.19. The van der Waals surface area contributed by atoms with Crippen LogP contribution in [-0.2, 0) is 22.6 Å². The molecule has 3 aromatic rings. The fraction of sp³-hybridized carbons (Fsp3) is 0.364. The molecule has 4 rings (SSSR count). The molecule has 9 heteroatoms. The Labute approximate surface area is 245 Å². The van der Waals surface area contributed by atoms with Gasteiger partial charge >= 0.3 is 11.9 Å². The maximum Gasteiger partial charge on any atom is 0.341 e. The molecule has 1 atom stereocenters. The van der Waals surface area contributed by atoms with Crippen LogP contribution in [0.15, 0.2) is 66.7 Å². The number of para-hydroxylation sites is 1. The highest BCUT2D eigenvalue weighted by molar-refractivity contribution is 5.94. The maximum absolute atomic E-state index is 14.2. The van der Waals surface area contributed by atoms with Gasteiger partial charge in [-0.05, 0) is 67.1 Å². The van der Waals surface area contributed by atoms with Crippen LogP contribution in [0.3, 0.4) is 0 Å². The van der Waals surface area contributed by atoms with E-state index in [0.717, 1.165) is 44.1 Å². The van der Waals surface area contributed by atoms with Crippen molar-refractivity contribution in [2.45, 2.75) is 58.0 Å². The molecule has 0 saturated carbocycles. The Morgan fingerprint density at radius 1 is 0.857 bits per heavy atom. The fourth-order valence-electron chi connectivity index (χ4n) is 5.20. The van der Waals surface area contributed by atoms with E-state index < -0.39 is 25.2 Å². The Morgan fingerprint density at radius 3 is 2.33 bits per heavy atom. The monoisotopic (exact) mass is 575 g/mol. The number of aryl methyl sites for hydroxylation is 1. The van der Waals surface area contributed by atoms with Crippen molar-refractivity contribution in [1.82, 2.24) is 4.90 Å². The summed E-state index contributed by atoms with van der Waals surface area (Å²) in [6.07, 6.45) is 5.74. The summed E-state index contributed by atoms with van der Waals surface area (Å²) >= 11 is 0. The second-order valence-corrected chi connectivity index (χ2v) is 10.2. The topological polar surface area (TPSA) is 123 Å². The summed E-state index contributed by atoms with van der Waals surface area (Å²) in [5.74, 6) is -1.69. The minimum Gasteiger partial charge on any atom is -0.494 e. The van der Waals surface area contributed by atoms with Crippen molar-refractivity contribution >= 4 is 17.8 Å². The molecule has 0 fully saturated rings. The lowest BCUT2D eigenvalue weighted by molar-refractivity contribution is -0.140. The van der Waals surface area contributed by atoms with E-state index in [-0.39, 0.29) is 30.0 Å². The van der Waals surface area contributed by atoms with Crippen molar-refractivity contribution in [3.8, 4) is 17.2 Å². The first-order valence-electron chi connectivity index (χ1n) is 14.3. The second kappa shape index (κ2) is 14.9. The molecule has 1 aliphatic carbocycles. The molecule has 0 heterocycles. The molecule has 42 heavy (non-hydrogen) atoms. The van der Waals surface area contributed by atoms with Crippen LogP contribution in [0.2, 0.25) is 0 Å². The van der Waals surface area contributed by atoms with Gasteiger partial charge in [-0.2, -0.15) is 0 Å². The van der Waals surface area contributed by atoms with Gasteiger partial charge in [0, 0.05) is 11.1 Å². The average molecular weight is 576 g/mol. The second-order valence-electron chi connectivity index (χ2n) is 10.2. The van der Waals surface area contributed by atoms with Crippen molar-refractivity contribution in [2.75, 3.05) is 19.8 Å². The lowest BCUT2D eigenvalue weighted by Gasteiger charge is -2.36. The van der Waals surface area contributed by atoms with E-state index in [0.29, 0.717) is 23.5 Å². The number of benzene rings is 3. The third kappa shape index (κ3) is 8.02. The van der Waals surface area contributed by atoms with Crippen molar-refractivity contribution in [1.29, 1.82) is 0 Å². The number of carbonyl (C=O) groups is 3. The smallest absolute Gasteiger partial charge is 0.341 e. The van der Waals surface area contributed by atoms with Crippen LogP contribution in [0.1, 0.15) is 72.1 Å². The van der Waals surface area contributed by atoms with Crippen LogP contribution in [0, 0.1) is 0 Å². The molecular weight excluding hydrogens is 538 g/mol. The van der Waals surface area contributed by atoms with Crippen LogP contribution in [-0.4, -0.2) is 52.8 Å². The number of rotatable bonds is 15. The number of carboxylic acid groups (broad SMARTS) is 2. The molecule has 0 aliphatic heterocycles. The van der Waals surface area contributed by atoms with E-state index in [1.54, 1.807) is 41.3 Å². The van der Waals surface area contributed by atoms with Gasteiger partial charge in [-0.3, -0.25) is 4.79 Å². The molecule has 0 saturated heterocycles. The van der Waals surface area contributed by atoms with Gasteiger partial charge in [0.2, 0.25) is 0 Å². The van der Waals surface area contributed by atoms with Gasteiger partial charge in [0.15, 0.2) is 24.7 Å². The van der Waals surface area contributed by atoms with Crippen LogP contribution in [0.4, 0.5) is 0 Å². The van der Waals surface area contributed by atoms with Crippen molar-refractivity contribution in [2.24, 2.45) is 0 Å². The SMILES string of the molecule is CCCCCOc1ccc(C(=O)N(Cc2cccc(OCC(=O)O)c2OCC(=O)O)C2CCCc3ccccc32)cc1. The van der Waals surface area contributed by atoms with Gasteiger partial charge < -0.3 is 29.3 Å². The molecule has 0 radical (unpaired) electrons. The number of unbranched alkanes of at least 4 members (excludes halogenated alkanes) is 2. The summed E-state index contributed by atoms with van der Waals surface area (Å²) in [5, 5.41) is 18.4. The number of aliphatic carboxylic acids is 2. The number of carbonyl (C=O) groups excluding carboxylic acids is 1. The Balaban J connectivity index is 1.68. The summed E-state index contributed by atoms with van der Waals surface area (Å²) in [6.45, 7) is 1.56. The van der Waals surface area contributed by atoms with Gasteiger partial charge in [-0.25, -0.2) is 9.59 Å². The number of nitrogens with zero attached hydrogens (tertiary/aromatic N) is 1. The highest BCUT2D eigenvalue weighted by Gasteiger charge is 2.31. The molecule has 0 spiro atoms. The van der Waals surface area contributed by atoms with E-state index in [1.165, 1.54) is 11.6 Å². The molecule has 222 valence electrons. The lowest BCUT2D eigenvalue weighted by Crippen LogP contribution is -2.36. The van der Waals surface area contributed by atoms with E-state index in [2.05, 4.69) is 13.0 Å². The number of hydrogen-bond acceptors (Lipinski definition) is 6. The molecule has 3 aromatic carbocycles. The first-order valence-corrected chi connectivity index (χ1v) is 14.3. The Kier molecular flexibility index (Phi) is 10.8. The standard InChI is InChI=1S/C33H37NO8/c1-2-3-6-19-40-26-17-15-24(16-18-26)33(39)34(28-13-7-10-23-9-4-5-12-27(23)28)20-25-11-8-14-29(41-21-30(35)36)32(25)42-22-31(37)38/h4-5,8-9,11-12,14-18,28H,2-3,6-7,10,13,19-22H2,1H3,(H,35,36)(H,37,38). The Morgan fingerprint density at radius 2 is 1.60 bits per heavy atom. The van der Waals surface area contributed by atoms with Gasteiger partial charge in [-0.1, -0.05) is 56.2 Å². The quantitative estimate of drug-likeness (QED) is 0.215. The Hall–Kier alpha value is -4.53. The lowest BCUT2D eigenvalue weighted by atomic mass is 9.86. The van der Waals surface area contributed by atoms with Crippen molar-refractivity contribution in [3.63, 3.8) is 0 Å². The largest absolute Gasteiger partial charge is 0.494 e. The predicted molar refractivity (Wildman–Crippen MR) is 156 cm³/mol. The molecule has 9 nitrogen and oxygen atoms in total. The highest BCUT2D eigenvalue weighted by atomic mass is 16.5. The summed E-state index contributed by atoms with van der Waals surface area (Å²) in [5.41, 5.74) is 3.25. The number of carboxylic acids is 2. The number of ether oxygens (including phenoxy) is 3. The Bertz CT molecular complexity index is 1370. The van der Waals surface area contributed by atoms with Crippen LogP contribution >= 0.6 is 0 Å². The van der Waals surface area contributed by atoms with Gasteiger partial charge in [0.25, 0.3) is 5.91 Å². The number of amides is 1. The van der Waals surface area contributed by atoms with Gasteiger partial charge in [-0.15, -0.1) is 0 Å². The maximum atomic E-state index is 14.2. The van der Waals surface area contributed by atoms with E-state index >= 15 is 0 Å². The minimum atomic E-state index is -1.19. The fourth-order valence-corrected chi connectivity index (χ4v) is 5.20. The van der Waals surface area contributed by atoms with E-state index in [1.807, 2.05) is 18.2 Å². The minimum absolute atomic E-state index is 0.0896. The molecule has 1 amide bonds. The van der Waals surface area contributed by atoms with Crippen LogP contribution < -0.4 is 14.2 Å². The zero-order valence-corrected chi connectivity index (χ0v) is 23.8. The van der Waals surface area contributed by atoms with E-state index in [9.17, 15) is 19.5 Å². The average Bonchev–Trinajstić information content (AvgIpc) is 3.00. The third-order valence-corrected chi connectivity index (χ3v) is 7.19. The summed E-state index contributed by atoms with van der Waals surface area (Å²) in [7, 11) is 0. The number of hydrogen-bond donors (Lipinski definition) is 2. The molecule has 1 aliphatic rings. The first kappa shape index (κ1) is 30.4. The van der Waals surface area contributed by atoms with Crippen molar-refractivity contribution in [3.05, 3.63) is 89.0 Å². The first-order chi connectivity index (χ1) is 20.4. The van der Waals surface area contributed by atoms with E-state index in [4.69, 9.17) is 19.3 Å². The molecule has 1 unspecified atom stereocenters. The zero-order valence-electron chi connectivity index (χ0n) is 23.8. The number of fused-ring (bicyclic) bond motifs is 1. The predicted octanol–water partition coefficient (Wildman–Crippen LogP) is 5.90. The molecule has 2 N–H and O–H groups in total. The molecular formula is C33H37NO8. The van der Waals surface area contributed by atoms with Gasteiger partial charge in [0.1, 0.15) is 5.75 Å².